The van der Waals surface area contributed by atoms with Gasteiger partial charge in [-0.05, 0) is 25.7 Å². The van der Waals surface area contributed by atoms with Gasteiger partial charge < -0.3 is 0 Å². The monoisotopic (exact) mass is 1200 g/mol. The molecule has 0 fully saturated rings. The second kappa shape index (κ2) is 29.8. The van der Waals surface area contributed by atoms with Gasteiger partial charge in [-0.2, -0.15) is 37.7 Å². The van der Waals surface area contributed by atoms with Gasteiger partial charge in [0, 0.05) is 62.2 Å². The number of rotatable bonds is 16. The third-order valence-corrected chi connectivity index (χ3v) is 5.11. The van der Waals surface area contributed by atoms with E-state index in [0.29, 0.717) is 26.4 Å². The van der Waals surface area contributed by atoms with Crippen molar-refractivity contribution in [2.75, 3.05) is 26.4 Å². The Hall–Kier alpha value is 3.22. The minimum absolute atomic E-state index is 0. The number of hydrogen-bond acceptors (Lipinski definition) is 10. The Morgan fingerprint density at radius 2 is 0.697 bits per heavy atom. The Morgan fingerprint density at radius 3 is 0.818 bits per heavy atom. The smallest absolute Gasteiger partial charge is 0 e. The number of hydrogen-bond donors (Lipinski definition) is 6. The molecule has 17 heteroatoms. The Kier molecular flexibility index (Phi) is 41.6. The van der Waals surface area contributed by atoms with Crippen LogP contribution in [0.15, 0.2) is 0 Å². The van der Waals surface area contributed by atoms with Crippen molar-refractivity contribution >= 4 is 16.3 Å². The summed E-state index contributed by atoms with van der Waals surface area (Å²) >= 11 is -5.84. The van der Waals surface area contributed by atoms with Crippen LogP contribution in [0, 0.1) is 87.7 Å². The molecule has 0 aromatic heterocycles. The van der Waals surface area contributed by atoms with Crippen molar-refractivity contribution in [3.8, 4) is 0 Å². The van der Waals surface area contributed by atoms with Crippen LogP contribution < -0.4 is 0 Å². The zero-order valence-electron chi connectivity index (χ0n) is 20.0. The standard InChI is InChI=1S/2C8H20O4P.2H2O.2O.3U/c2*1-3-5-7-11-13(9,10)12-8-6-4-2;;;;;;;/h2*9-10H,3-8H2,1-2H3;2*1H2;;;;;/q2*+1;;;;;;;+2/p-2. The third kappa shape index (κ3) is 52.5. The van der Waals surface area contributed by atoms with Gasteiger partial charge in [0.15, 0.2) is 0 Å². The van der Waals surface area contributed by atoms with Gasteiger partial charge in [0.1, 0.15) is 26.4 Å². The van der Waals surface area contributed by atoms with Crippen LogP contribution in [-0.2, 0) is 22.6 Å². The molecule has 0 radical (unpaired) electrons. The molecule has 0 spiro atoms. The summed E-state index contributed by atoms with van der Waals surface area (Å²) in [6.45, 7) is 9.44. The first kappa shape index (κ1) is 46.1. The topological polar surface area (TPSA) is 192 Å². The molecule has 0 saturated heterocycles. The van der Waals surface area contributed by atoms with E-state index in [2.05, 4.69) is 0 Å². The quantitative estimate of drug-likeness (QED) is 0.0980. The van der Waals surface area contributed by atoms with Crippen LogP contribution in [0.5, 0.6) is 0 Å². The molecule has 33 heavy (non-hydrogen) atoms. The maximum absolute atomic E-state index is 9.19. The van der Waals surface area contributed by atoms with Crippen molar-refractivity contribution in [3.05, 3.63) is 0 Å². The third-order valence-electron chi connectivity index (χ3n) is 3.03. The normalized spacial score (nSPS) is 11.2. The summed E-state index contributed by atoms with van der Waals surface area (Å²) in [7, 11) is -7.00. The summed E-state index contributed by atoms with van der Waals surface area (Å²) in [5, 5.41) is 0. The molecule has 0 aliphatic rings. The summed E-state index contributed by atoms with van der Waals surface area (Å²) in [5.74, 6) is 0. The van der Waals surface area contributed by atoms with Crippen LogP contribution in [0.25, 0.3) is 0 Å². The van der Waals surface area contributed by atoms with Gasteiger partial charge in [-0.3, -0.25) is 0 Å². The molecule has 198 valence electrons. The van der Waals surface area contributed by atoms with Crippen molar-refractivity contribution in [1.82, 2.24) is 0 Å². The molecular formula is C16H42O12P2U3+2. The van der Waals surface area contributed by atoms with Crippen LogP contribution in [0.4, 0.5) is 0 Å². The number of unbranched alkanes of at least 4 members (excludes halogenated alkanes) is 4. The van der Waals surface area contributed by atoms with Gasteiger partial charge in [-0.15, -0.1) is 0 Å². The van der Waals surface area contributed by atoms with Gasteiger partial charge in [0.2, 0.25) is 0 Å². The fraction of sp³-hybridized carbons (Fsp3) is 1.00. The molecule has 0 bridgehead atoms. The molecule has 0 atom stereocenters. The van der Waals surface area contributed by atoms with Gasteiger partial charge in [0.05, 0.1) is 0 Å². The summed E-state index contributed by atoms with van der Waals surface area (Å²) in [6, 6.07) is 0. The first-order valence-corrected chi connectivity index (χ1v) is 20.6. The largest absolute Gasteiger partial charge is 0 e. The second-order valence-electron chi connectivity index (χ2n) is 6.28. The molecule has 0 aliphatic heterocycles. The minimum atomic E-state index is -5.84. The van der Waals surface area contributed by atoms with Crippen LogP contribution >= 0.6 is 16.3 Å². The van der Waals surface area contributed by atoms with Crippen molar-refractivity contribution in [1.29, 1.82) is 0 Å². The fourth-order valence-corrected chi connectivity index (χ4v) is 3.00. The predicted octanol–water partition coefficient (Wildman–Crippen LogP) is 3.21. The average molecular weight is 1200 g/mol. The molecule has 0 unspecified atom stereocenters. The van der Waals surface area contributed by atoms with E-state index in [1.54, 1.807) is 0 Å². The van der Waals surface area contributed by atoms with Crippen LogP contribution in [0.2, 0.25) is 0 Å². The van der Waals surface area contributed by atoms with Crippen molar-refractivity contribution in [3.63, 3.8) is 0 Å². The molecule has 0 saturated carbocycles. The van der Waals surface area contributed by atoms with Crippen LogP contribution in [0.3, 0.4) is 0 Å². The summed E-state index contributed by atoms with van der Waals surface area (Å²) in [4.78, 5) is 36.8. The van der Waals surface area contributed by atoms with E-state index in [0.717, 1.165) is 51.4 Å². The molecule has 6 N–H and O–H groups in total. The Morgan fingerprint density at radius 1 is 0.545 bits per heavy atom. The Bertz CT molecular complexity index is 425. The van der Waals surface area contributed by atoms with E-state index in [1.807, 2.05) is 27.7 Å². The first-order valence-electron chi connectivity index (χ1n) is 10.4. The SMILES string of the molecule is CCCCO[P+](O)(O)OCCCC.CCCCO[P+](O)(O)OCCCC.[O]=[U](=[O])([OH])[OH].[U].[U]. The summed E-state index contributed by atoms with van der Waals surface area (Å²) in [6.07, 6.45) is 7.15. The van der Waals surface area contributed by atoms with E-state index in [-0.39, 0.29) is 62.2 Å². The average Bonchev–Trinajstić information content (AvgIpc) is 2.61. The maximum Gasteiger partial charge on any atom is 0 e. The maximum atomic E-state index is 9.19. The summed E-state index contributed by atoms with van der Waals surface area (Å²) < 4.78 is 51.4. The predicted molar refractivity (Wildman–Crippen MR) is 112 cm³/mol. The molecular weight excluding hydrogens is 1160 g/mol. The zero-order valence-corrected chi connectivity index (χ0v) is 34.3. The molecule has 0 amide bonds. The molecule has 0 aromatic rings. The van der Waals surface area contributed by atoms with Crippen molar-refractivity contribution in [2.45, 2.75) is 79.1 Å². The minimum Gasteiger partial charge on any atom is 0 e. The van der Waals surface area contributed by atoms with Gasteiger partial charge in [-0.1, -0.05) is 53.4 Å². The van der Waals surface area contributed by atoms with Crippen LogP contribution in [-0.4, -0.2) is 51.2 Å². The van der Waals surface area contributed by atoms with Gasteiger partial charge >= 0.3 is 51.5 Å². The Labute approximate surface area is 253 Å². The molecule has 0 rings (SSSR count). The summed E-state index contributed by atoms with van der Waals surface area (Å²) in [5.41, 5.74) is 0. The van der Waals surface area contributed by atoms with Crippen molar-refractivity contribution in [2.24, 2.45) is 0 Å². The van der Waals surface area contributed by atoms with Gasteiger partial charge in [-0.25, -0.2) is 0 Å². The molecule has 0 aromatic carbocycles. The Balaban J connectivity index is -0.000000125. The molecule has 12 nitrogen and oxygen atoms in total. The van der Waals surface area contributed by atoms with Gasteiger partial charge in [0.25, 0.3) is 0 Å². The second-order valence-corrected chi connectivity index (χ2v) is 13.8. The van der Waals surface area contributed by atoms with E-state index in [9.17, 15) is 19.6 Å². The van der Waals surface area contributed by atoms with E-state index in [1.165, 1.54) is 0 Å². The fourth-order valence-electron chi connectivity index (χ4n) is 1.39. The molecule has 0 heterocycles. The van der Waals surface area contributed by atoms with Crippen LogP contribution in [0.1, 0.15) is 79.1 Å². The zero-order chi connectivity index (χ0) is 24.8. The van der Waals surface area contributed by atoms with E-state index < -0.39 is 41.8 Å². The van der Waals surface area contributed by atoms with E-state index in [4.69, 9.17) is 27.8 Å². The molecule has 0 aliphatic carbocycles. The first-order chi connectivity index (χ1) is 14.2. The van der Waals surface area contributed by atoms with Crippen molar-refractivity contribution < 1.29 is 135 Å². The van der Waals surface area contributed by atoms with E-state index >= 15 is 0 Å².